The van der Waals surface area contributed by atoms with E-state index in [4.69, 9.17) is 9.73 Å². The highest BCUT2D eigenvalue weighted by Gasteiger charge is 2.19. The van der Waals surface area contributed by atoms with Crippen LogP contribution in [0.1, 0.15) is 13.3 Å². The molecule has 2 fully saturated rings. The summed E-state index contributed by atoms with van der Waals surface area (Å²) in [6.45, 7) is 13.1. The Balaban J connectivity index is 1.45. The van der Waals surface area contributed by atoms with Gasteiger partial charge in [0.05, 0.1) is 13.2 Å². The van der Waals surface area contributed by atoms with Crippen LogP contribution in [0.4, 0.5) is 5.69 Å². The summed E-state index contributed by atoms with van der Waals surface area (Å²) in [6.07, 6.45) is 1.11. The molecule has 26 heavy (non-hydrogen) atoms. The van der Waals surface area contributed by atoms with Gasteiger partial charge in [0.1, 0.15) is 0 Å². The molecule has 0 saturated carbocycles. The van der Waals surface area contributed by atoms with Gasteiger partial charge in [0, 0.05) is 64.6 Å². The molecule has 0 aromatic heterocycles. The summed E-state index contributed by atoms with van der Waals surface area (Å²) in [4.78, 5) is 12.2. The van der Waals surface area contributed by atoms with Gasteiger partial charge in [-0.15, -0.1) is 0 Å². The number of ether oxygens (including phenoxy) is 1. The van der Waals surface area contributed by atoms with E-state index < -0.39 is 0 Å². The van der Waals surface area contributed by atoms with Crippen molar-refractivity contribution in [1.29, 1.82) is 0 Å². The van der Waals surface area contributed by atoms with Gasteiger partial charge in [-0.05, 0) is 25.5 Å². The number of anilines is 1. The Bertz CT molecular complexity index is 536. The molecule has 144 valence electrons. The second-order valence-electron chi connectivity index (χ2n) is 6.85. The number of rotatable bonds is 6. The van der Waals surface area contributed by atoms with Crippen LogP contribution in [0.5, 0.6) is 0 Å². The summed E-state index contributed by atoms with van der Waals surface area (Å²) < 4.78 is 5.41. The number of hydrogen-bond donors (Lipinski definition) is 1. The second kappa shape index (κ2) is 10.4. The Morgan fingerprint density at radius 3 is 2.46 bits per heavy atom. The molecule has 0 atom stereocenters. The smallest absolute Gasteiger partial charge is 0.194 e. The van der Waals surface area contributed by atoms with Gasteiger partial charge in [-0.1, -0.05) is 18.2 Å². The van der Waals surface area contributed by atoms with Crippen molar-refractivity contribution in [2.24, 2.45) is 4.99 Å². The van der Waals surface area contributed by atoms with E-state index in [9.17, 15) is 0 Å². The SMILES string of the molecule is CCNC(=NCCCN1CCOCC1)N1CCN(c2ccccc2)CC1. The lowest BCUT2D eigenvalue weighted by molar-refractivity contribution is 0.0377. The first-order valence-electron chi connectivity index (χ1n) is 10.00. The van der Waals surface area contributed by atoms with Crippen LogP contribution < -0.4 is 10.2 Å². The number of morpholine rings is 1. The normalized spacial score (nSPS) is 19.7. The number of piperazine rings is 1. The van der Waals surface area contributed by atoms with E-state index in [-0.39, 0.29) is 0 Å². The van der Waals surface area contributed by atoms with Crippen LogP contribution in [-0.2, 0) is 4.74 Å². The maximum Gasteiger partial charge on any atom is 0.194 e. The van der Waals surface area contributed by atoms with E-state index >= 15 is 0 Å². The predicted octanol–water partition coefficient (Wildman–Crippen LogP) is 1.50. The van der Waals surface area contributed by atoms with E-state index in [0.717, 1.165) is 84.5 Å². The number of benzene rings is 1. The monoisotopic (exact) mass is 359 g/mol. The van der Waals surface area contributed by atoms with E-state index in [1.54, 1.807) is 0 Å². The van der Waals surface area contributed by atoms with Crippen LogP contribution >= 0.6 is 0 Å². The van der Waals surface area contributed by atoms with Crippen molar-refractivity contribution >= 4 is 11.6 Å². The van der Waals surface area contributed by atoms with Crippen LogP contribution in [0.3, 0.4) is 0 Å². The predicted molar refractivity (Wildman–Crippen MR) is 108 cm³/mol. The molecule has 6 nitrogen and oxygen atoms in total. The fourth-order valence-electron chi connectivity index (χ4n) is 3.55. The lowest BCUT2D eigenvalue weighted by atomic mass is 10.2. The van der Waals surface area contributed by atoms with Crippen molar-refractivity contribution in [2.75, 3.05) is 77.0 Å². The van der Waals surface area contributed by atoms with Crippen molar-refractivity contribution in [3.05, 3.63) is 30.3 Å². The summed E-state index contributed by atoms with van der Waals surface area (Å²) >= 11 is 0. The fraction of sp³-hybridized carbons (Fsp3) is 0.650. The largest absolute Gasteiger partial charge is 0.379 e. The number of nitrogens with zero attached hydrogens (tertiary/aromatic N) is 4. The van der Waals surface area contributed by atoms with Gasteiger partial charge < -0.3 is 19.9 Å². The summed E-state index contributed by atoms with van der Waals surface area (Å²) in [5.74, 6) is 1.07. The Morgan fingerprint density at radius 1 is 1.04 bits per heavy atom. The average Bonchev–Trinajstić information content (AvgIpc) is 2.72. The summed E-state index contributed by atoms with van der Waals surface area (Å²) in [5.41, 5.74) is 1.32. The van der Waals surface area contributed by atoms with Gasteiger partial charge in [0.2, 0.25) is 0 Å². The summed E-state index contributed by atoms with van der Waals surface area (Å²) in [7, 11) is 0. The van der Waals surface area contributed by atoms with Crippen molar-refractivity contribution < 1.29 is 4.74 Å². The molecule has 0 spiro atoms. The third-order valence-electron chi connectivity index (χ3n) is 5.03. The quantitative estimate of drug-likeness (QED) is 0.474. The molecule has 0 amide bonds. The van der Waals surface area contributed by atoms with Crippen LogP contribution in [0.25, 0.3) is 0 Å². The minimum atomic E-state index is 0.873. The first-order valence-corrected chi connectivity index (χ1v) is 10.00. The summed E-state index contributed by atoms with van der Waals surface area (Å²) in [6, 6.07) is 10.7. The maximum absolute atomic E-state index is 5.41. The zero-order valence-corrected chi connectivity index (χ0v) is 16.1. The molecule has 1 aromatic carbocycles. The zero-order chi connectivity index (χ0) is 18.0. The van der Waals surface area contributed by atoms with Gasteiger partial charge in [0.25, 0.3) is 0 Å². The third-order valence-corrected chi connectivity index (χ3v) is 5.03. The van der Waals surface area contributed by atoms with Gasteiger partial charge in [-0.25, -0.2) is 0 Å². The highest BCUT2D eigenvalue weighted by molar-refractivity contribution is 5.80. The Labute approximate surface area is 157 Å². The number of nitrogens with one attached hydrogen (secondary N) is 1. The number of guanidine groups is 1. The molecule has 2 heterocycles. The minimum Gasteiger partial charge on any atom is -0.379 e. The highest BCUT2D eigenvalue weighted by atomic mass is 16.5. The molecule has 2 saturated heterocycles. The minimum absolute atomic E-state index is 0.873. The fourth-order valence-corrected chi connectivity index (χ4v) is 3.55. The van der Waals surface area contributed by atoms with E-state index in [1.165, 1.54) is 5.69 Å². The molecule has 2 aliphatic rings. The van der Waals surface area contributed by atoms with Crippen molar-refractivity contribution in [2.45, 2.75) is 13.3 Å². The van der Waals surface area contributed by atoms with Gasteiger partial charge >= 0.3 is 0 Å². The Hall–Kier alpha value is -1.79. The van der Waals surface area contributed by atoms with Gasteiger partial charge in [0.15, 0.2) is 5.96 Å². The van der Waals surface area contributed by atoms with Crippen molar-refractivity contribution in [1.82, 2.24) is 15.1 Å². The second-order valence-corrected chi connectivity index (χ2v) is 6.85. The topological polar surface area (TPSA) is 43.3 Å². The van der Waals surface area contributed by atoms with E-state index in [1.807, 2.05) is 0 Å². The van der Waals surface area contributed by atoms with Crippen molar-refractivity contribution in [3.63, 3.8) is 0 Å². The van der Waals surface area contributed by atoms with Crippen LogP contribution in [0.2, 0.25) is 0 Å². The number of para-hydroxylation sites is 1. The molecule has 6 heteroatoms. The Morgan fingerprint density at radius 2 is 1.77 bits per heavy atom. The standard InChI is InChI=1S/C20H33N5O/c1-2-21-20(22-9-6-10-23-15-17-26-18-16-23)25-13-11-24(12-14-25)19-7-4-3-5-8-19/h3-5,7-8H,2,6,9-18H2,1H3,(H,21,22). The van der Waals surface area contributed by atoms with Gasteiger partial charge in [-0.2, -0.15) is 0 Å². The van der Waals surface area contributed by atoms with E-state index in [0.29, 0.717) is 0 Å². The summed E-state index contributed by atoms with van der Waals surface area (Å²) in [5, 5.41) is 3.47. The first kappa shape index (κ1) is 19.0. The van der Waals surface area contributed by atoms with Crippen LogP contribution in [0, 0.1) is 0 Å². The highest BCUT2D eigenvalue weighted by Crippen LogP contribution is 2.15. The molecule has 3 rings (SSSR count). The molecular weight excluding hydrogens is 326 g/mol. The number of aliphatic imine (C=N–C) groups is 1. The lowest BCUT2D eigenvalue weighted by Crippen LogP contribution is -2.52. The molecular formula is C20H33N5O. The first-order chi connectivity index (χ1) is 12.9. The van der Waals surface area contributed by atoms with Crippen molar-refractivity contribution in [3.8, 4) is 0 Å². The average molecular weight is 360 g/mol. The lowest BCUT2D eigenvalue weighted by Gasteiger charge is -2.37. The molecule has 1 aromatic rings. The third kappa shape index (κ3) is 5.61. The van der Waals surface area contributed by atoms with Crippen LogP contribution in [0.15, 0.2) is 35.3 Å². The zero-order valence-electron chi connectivity index (χ0n) is 16.1. The molecule has 1 N–H and O–H groups in total. The van der Waals surface area contributed by atoms with E-state index in [2.05, 4.69) is 57.3 Å². The van der Waals surface area contributed by atoms with Gasteiger partial charge in [-0.3, -0.25) is 9.89 Å². The molecule has 0 unspecified atom stereocenters. The molecule has 0 radical (unpaired) electrons. The molecule has 0 aliphatic carbocycles. The molecule has 2 aliphatic heterocycles. The maximum atomic E-state index is 5.41. The Kier molecular flexibility index (Phi) is 7.58. The molecule has 0 bridgehead atoms. The van der Waals surface area contributed by atoms with Crippen LogP contribution in [-0.4, -0.2) is 87.9 Å². The number of hydrogen-bond acceptors (Lipinski definition) is 4.